The number of rotatable bonds is 8. The zero-order valence-electron chi connectivity index (χ0n) is 32.9. The van der Waals surface area contributed by atoms with Crippen molar-refractivity contribution < 1.29 is 4.42 Å². The molecule has 2 nitrogen and oxygen atoms in total. The van der Waals surface area contributed by atoms with E-state index in [1.807, 2.05) is 6.07 Å². The molecule has 1 heterocycles. The summed E-state index contributed by atoms with van der Waals surface area (Å²) in [4.78, 5) is 2.37. The molecule has 282 valence electrons. The largest absolute Gasteiger partial charge is 0.454 e. The van der Waals surface area contributed by atoms with Crippen LogP contribution in [0.5, 0.6) is 0 Å². The summed E-state index contributed by atoms with van der Waals surface area (Å²) in [5.74, 6) is 0. The van der Waals surface area contributed by atoms with Crippen molar-refractivity contribution in [1.82, 2.24) is 0 Å². The van der Waals surface area contributed by atoms with Gasteiger partial charge in [-0.05, 0) is 91.2 Å². The van der Waals surface area contributed by atoms with E-state index in [9.17, 15) is 0 Å². The molecule has 0 aliphatic heterocycles. The van der Waals surface area contributed by atoms with Crippen LogP contribution < -0.4 is 4.90 Å². The Morgan fingerprint density at radius 3 is 1.50 bits per heavy atom. The van der Waals surface area contributed by atoms with Gasteiger partial charge in [0.15, 0.2) is 5.58 Å². The first-order valence-electron chi connectivity index (χ1n) is 20.5. The first-order chi connectivity index (χ1) is 29.8. The molecule has 60 heavy (non-hydrogen) atoms. The van der Waals surface area contributed by atoms with E-state index in [1.54, 1.807) is 0 Å². The van der Waals surface area contributed by atoms with Crippen molar-refractivity contribution in [2.45, 2.75) is 0 Å². The van der Waals surface area contributed by atoms with Gasteiger partial charge in [0.25, 0.3) is 0 Å². The Kier molecular flexibility index (Phi) is 8.87. The van der Waals surface area contributed by atoms with Gasteiger partial charge in [-0.3, -0.25) is 0 Å². The number of hydrogen-bond donors (Lipinski definition) is 0. The van der Waals surface area contributed by atoms with Crippen LogP contribution in [0.4, 0.5) is 17.1 Å². The highest BCUT2D eigenvalue weighted by Gasteiger charge is 2.23. The van der Waals surface area contributed by atoms with Crippen LogP contribution in [-0.2, 0) is 0 Å². The van der Waals surface area contributed by atoms with Crippen LogP contribution in [0.1, 0.15) is 0 Å². The number of benzene rings is 10. The molecule has 0 N–H and O–H groups in total. The number of anilines is 3. The fourth-order valence-electron chi connectivity index (χ4n) is 8.88. The van der Waals surface area contributed by atoms with Gasteiger partial charge in [0.05, 0.1) is 11.4 Å². The first kappa shape index (κ1) is 35.2. The summed E-state index contributed by atoms with van der Waals surface area (Å²) in [6.07, 6.45) is 0. The van der Waals surface area contributed by atoms with E-state index in [2.05, 4.69) is 235 Å². The predicted octanol–water partition coefficient (Wildman–Crippen LogP) is 16.5. The van der Waals surface area contributed by atoms with Crippen molar-refractivity contribution in [3.63, 3.8) is 0 Å². The summed E-state index contributed by atoms with van der Waals surface area (Å²) in [5, 5.41) is 4.71. The van der Waals surface area contributed by atoms with Gasteiger partial charge in [-0.25, -0.2) is 0 Å². The van der Waals surface area contributed by atoms with E-state index >= 15 is 0 Å². The summed E-state index contributed by atoms with van der Waals surface area (Å²) < 4.78 is 6.74. The van der Waals surface area contributed by atoms with Gasteiger partial charge in [0.1, 0.15) is 5.58 Å². The predicted molar refractivity (Wildman–Crippen MR) is 253 cm³/mol. The van der Waals surface area contributed by atoms with E-state index in [0.29, 0.717) is 0 Å². The van der Waals surface area contributed by atoms with Crippen molar-refractivity contribution >= 4 is 49.8 Å². The lowest BCUT2D eigenvalue weighted by Crippen LogP contribution is -2.11. The first-order valence-corrected chi connectivity index (χ1v) is 20.5. The SMILES string of the molecule is c1ccc(-c2ccccc2-c2ccccc2-c2ccccc2N(c2ccc(-c3ccc(-c4cccc5ccccc45)cc3)cc2)c2cccc3c2oc2ccccc23)cc1. The smallest absolute Gasteiger partial charge is 0.159 e. The molecule has 0 fully saturated rings. The quantitative estimate of drug-likeness (QED) is 0.153. The summed E-state index contributed by atoms with van der Waals surface area (Å²) in [6, 6.07) is 84.7. The third-order valence-corrected chi connectivity index (χ3v) is 11.7. The molecule has 1 aromatic heterocycles. The Bertz CT molecular complexity index is 3300. The Morgan fingerprint density at radius 2 is 0.733 bits per heavy atom. The zero-order valence-corrected chi connectivity index (χ0v) is 32.9. The molecule has 0 saturated heterocycles. The van der Waals surface area contributed by atoms with E-state index in [0.717, 1.165) is 55.7 Å². The lowest BCUT2D eigenvalue weighted by atomic mass is 9.88. The molecule has 0 bridgehead atoms. The van der Waals surface area contributed by atoms with E-state index in [-0.39, 0.29) is 0 Å². The summed E-state index contributed by atoms with van der Waals surface area (Å²) in [5.41, 5.74) is 16.6. The normalized spacial score (nSPS) is 11.3. The minimum absolute atomic E-state index is 0.851. The number of para-hydroxylation sites is 3. The van der Waals surface area contributed by atoms with Gasteiger partial charge in [-0.1, -0.05) is 206 Å². The lowest BCUT2D eigenvalue weighted by Gasteiger charge is -2.28. The van der Waals surface area contributed by atoms with Crippen molar-refractivity contribution in [2.24, 2.45) is 0 Å². The third kappa shape index (κ3) is 6.23. The van der Waals surface area contributed by atoms with Crippen LogP contribution in [0, 0.1) is 0 Å². The van der Waals surface area contributed by atoms with Gasteiger partial charge >= 0.3 is 0 Å². The molecule has 10 aromatic carbocycles. The Balaban J connectivity index is 1.05. The van der Waals surface area contributed by atoms with Crippen LogP contribution in [0.25, 0.3) is 88.3 Å². The van der Waals surface area contributed by atoms with Gasteiger partial charge < -0.3 is 9.32 Å². The molecule has 0 aliphatic rings. The van der Waals surface area contributed by atoms with Gasteiger partial charge in [-0.2, -0.15) is 0 Å². The molecule has 11 rings (SSSR count). The highest BCUT2D eigenvalue weighted by molar-refractivity contribution is 6.11. The van der Waals surface area contributed by atoms with Crippen LogP contribution in [0.2, 0.25) is 0 Å². The standard InChI is InChI=1S/C58H39NO/c1-2-16-42(17-3-1)48-21-6-7-22-49(48)50-23-8-9-24-51(50)52-25-10-12-29-55(52)59(56-30-15-28-54-53-26-11-13-31-57(53)60-58(54)56)45-38-36-41(37-39-45)40-32-34-44(35-33-40)47-27-14-19-43-18-4-5-20-46(43)47/h1-39H. The molecule has 0 unspecified atom stereocenters. The highest BCUT2D eigenvalue weighted by atomic mass is 16.3. The molecular formula is C58H39NO. The van der Waals surface area contributed by atoms with Gasteiger partial charge in [0.2, 0.25) is 0 Å². The number of hydrogen-bond acceptors (Lipinski definition) is 2. The Morgan fingerprint density at radius 1 is 0.267 bits per heavy atom. The Hall–Kier alpha value is -7.94. The minimum atomic E-state index is 0.851. The van der Waals surface area contributed by atoms with E-state index < -0.39 is 0 Å². The fraction of sp³-hybridized carbons (Fsp3) is 0. The molecule has 11 aromatic rings. The molecule has 0 amide bonds. The molecule has 0 spiro atoms. The molecule has 0 aliphatic carbocycles. The molecule has 0 saturated carbocycles. The zero-order chi connectivity index (χ0) is 39.8. The molecular weight excluding hydrogens is 727 g/mol. The van der Waals surface area contributed by atoms with Crippen molar-refractivity contribution in [3.05, 3.63) is 237 Å². The van der Waals surface area contributed by atoms with Gasteiger partial charge in [0, 0.05) is 22.0 Å². The number of furan rings is 1. The summed E-state index contributed by atoms with van der Waals surface area (Å²) in [6.45, 7) is 0. The minimum Gasteiger partial charge on any atom is -0.454 e. The third-order valence-electron chi connectivity index (χ3n) is 11.7. The molecule has 2 heteroatoms. The second-order valence-electron chi connectivity index (χ2n) is 15.2. The monoisotopic (exact) mass is 765 g/mol. The fourth-order valence-corrected chi connectivity index (χ4v) is 8.88. The topological polar surface area (TPSA) is 16.4 Å². The van der Waals surface area contributed by atoms with E-state index in [1.165, 1.54) is 49.7 Å². The average Bonchev–Trinajstić information content (AvgIpc) is 3.72. The van der Waals surface area contributed by atoms with Crippen molar-refractivity contribution in [1.29, 1.82) is 0 Å². The molecule has 0 radical (unpaired) electrons. The average molecular weight is 766 g/mol. The summed E-state index contributed by atoms with van der Waals surface area (Å²) in [7, 11) is 0. The Labute approximate surface area is 349 Å². The maximum atomic E-state index is 6.74. The maximum absolute atomic E-state index is 6.74. The van der Waals surface area contributed by atoms with Crippen molar-refractivity contribution in [2.75, 3.05) is 4.90 Å². The number of nitrogens with zero attached hydrogens (tertiary/aromatic N) is 1. The summed E-state index contributed by atoms with van der Waals surface area (Å²) >= 11 is 0. The van der Waals surface area contributed by atoms with Crippen molar-refractivity contribution in [3.8, 4) is 55.6 Å². The maximum Gasteiger partial charge on any atom is 0.159 e. The number of fused-ring (bicyclic) bond motifs is 4. The second-order valence-corrected chi connectivity index (χ2v) is 15.2. The van der Waals surface area contributed by atoms with Crippen LogP contribution in [-0.4, -0.2) is 0 Å². The molecule has 0 atom stereocenters. The van der Waals surface area contributed by atoms with E-state index in [4.69, 9.17) is 4.42 Å². The van der Waals surface area contributed by atoms with Gasteiger partial charge in [-0.15, -0.1) is 0 Å². The lowest BCUT2D eigenvalue weighted by molar-refractivity contribution is 0.669. The van der Waals surface area contributed by atoms with Crippen LogP contribution in [0.15, 0.2) is 241 Å². The van der Waals surface area contributed by atoms with Crippen LogP contribution >= 0.6 is 0 Å². The van der Waals surface area contributed by atoms with Crippen LogP contribution in [0.3, 0.4) is 0 Å². The highest BCUT2D eigenvalue weighted by Crippen LogP contribution is 2.48. The second kappa shape index (κ2) is 15.1.